The third kappa shape index (κ3) is 4.09. The van der Waals surface area contributed by atoms with Crippen molar-refractivity contribution in [3.63, 3.8) is 0 Å². The second-order valence-corrected chi connectivity index (χ2v) is 6.45. The smallest absolute Gasteiger partial charge is 0.0856 e. The summed E-state index contributed by atoms with van der Waals surface area (Å²) in [5, 5.41) is 1.32. The molecular weight excluding hydrogens is 295 g/mol. The van der Waals surface area contributed by atoms with Crippen molar-refractivity contribution in [2.75, 3.05) is 19.7 Å². The fraction of sp³-hybridized carbons (Fsp3) is 0.600. The van der Waals surface area contributed by atoms with Crippen LogP contribution in [0.5, 0.6) is 0 Å². The fourth-order valence-corrected chi connectivity index (χ4v) is 2.98. The maximum Gasteiger partial charge on any atom is 0.0856 e. The van der Waals surface area contributed by atoms with E-state index in [0.29, 0.717) is 22.5 Å². The first-order valence-corrected chi connectivity index (χ1v) is 7.78. The molecule has 1 fully saturated rings. The molecule has 1 aromatic carbocycles. The number of hydrogen-bond donors (Lipinski definition) is 1. The molecule has 0 aromatic heterocycles. The lowest BCUT2D eigenvalue weighted by molar-refractivity contribution is -0.0495. The molecule has 0 saturated carbocycles. The van der Waals surface area contributed by atoms with Crippen LogP contribution >= 0.6 is 23.2 Å². The minimum atomic E-state index is -0.0600. The highest BCUT2D eigenvalue weighted by Crippen LogP contribution is 2.23. The third-order valence-corrected chi connectivity index (χ3v) is 4.39. The molecule has 2 unspecified atom stereocenters. The maximum atomic E-state index is 6.31. The zero-order valence-corrected chi connectivity index (χ0v) is 13.5. The molecule has 1 aliphatic heterocycles. The molecule has 2 N–H and O–H groups in total. The average molecular weight is 317 g/mol. The Balaban J connectivity index is 1.98. The summed E-state index contributed by atoms with van der Waals surface area (Å²) in [5.41, 5.74) is 7.33. The molecular formula is C15H22Cl2N2O. The first-order chi connectivity index (χ1) is 9.47. The van der Waals surface area contributed by atoms with E-state index in [-0.39, 0.29) is 12.1 Å². The maximum absolute atomic E-state index is 6.31. The van der Waals surface area contributed by atoms with Gasteiger partial charge in [-0.05, 0) is 38.0 Å². The van der Waals surface area contributed by atoms with Crippen LogP contribution < -0.4 is 5.73 Å². The van der Waals surface area contributed by atoms with Gasteiger partial charge in [-0.1, -0.05) is 29.3 Å². The van der Waals surface area contributed by atoms with Crippen molar-refractivity contribution in [3.8, 4) is 0 Å². The zero-order chi connectivity index (χ0) is 14.7. The highest BCUT2D eigenvalue weighted by molar-refractivity contribution is 6.35. The SMILES string of the molecule is CC(C)N1CCOC(C(N)Cc2ccc(Cl)cc2Cl)C1. The van der Waals surface area contributed by atoms with E-state index in [4.69, 9.17) is 33.7 Å². The molecule has 1 heterocycles. The molecule has 112 valence electrons. The lowest BCUT2D eigenvalue weighted by atomic mass is 10.0. The Morgan fingerprint density at radius 1 is 1.40 bits per heavy atom. The summed E-state index contributed by atoms with van der Waals surface area (Å²) in [5.74, 6) is 0. The largest absolute Gasteiger partial charge is 0.374 e. The topological polar surface area (TPSA) is 38.5 Å². The normalized spacial score (nSPS) is 22.2. The van der Waals surface area contributed by atoms with Crippen LogP contribution in [0.25, 0.3) is 0 Å². The van der Waals surface area contributed by atoms with Gasteiger partial charge in [0.1, 0.15) is 0 Å². The second-order valence-electron chi connectivity index (χ2n) is 5.60. The third-order valence-electron chi connectivity index (χ3n) is 3.80. The molecule has 3 nitrogen and oxygen atoms in total. The highest BCUT2D eigenvalue weighted by Gasteiger charge is 2.27. The van der Waals surface area contributed by atoms with Crippen molar-refractivity contribution in [1.82, 2.24) is 4.90 Å². The standard InChI is InChI=1S/C15H22Cl2N2O/c1-10(2)19-5-6-20-15(9-19)14(18)7-11-3-4-12(16)8-13(11)17/h3-4,8,10,14-15H,5-7,9,18H2,1-2H3. The number of nitrogens with two attached hydrogens (primary N) is 1. The predicted molar refractivity (Wildman–Crippen MR) is 84.6 cm³/mol. The molecule has 0 aliphatic carbocycles. The van der Waals surface area contributed by atoms with Crippen LogP contribution in [0.2, 0.25) is 10.0 Å². The Morgan fingerprint density at radius 3 is 2.80 bits per heavy atom. The van der Waals surface area contributed by atoms with Gasteiger partial charge in [-0.15, -0.1) is 0 Å². The van der Waals surface area contributed by atoms with E-state index in [1.165, 1.54) is 0 Å². The van der Waals surface area contributed by atoms with Crippen LogP contribution in [0, 0.1) is 0 Å². The Hall–Kier alpha value is -0.320. The van der Waals surface area contributed by atoms with E-state index < -0.39 is 0 Å². The summed E-state index contributed by atoms with van der Waals surface area (Å²) in [7, 11) is 0. The summed E-state index contributed by atoms with van der Waals surface area (Å²) in [6, 6.07) is 6.00. The second kappa shape index (κ2) is 7.10. The molecule has 0 spiro atoms. The molecule has 0 radical (unpaired) electrons. The number of benzene rings is 1. The van der Waals surface area contributed by atoms with E-state index in [1.54, 1.807) is 6.07 Å². The van der Waals surface area contributed by atoms with Gasteiger partial charge in [-0.2, -0.15) is 0 Å². The first-order valence-electron chi connectivity index (χ1n) is 7.02. The first kappa shape index (κ1) is 16.1. The van der Waals surface area contributed by atoms with Crippen molar-refractivity contribution in [3.05, 3.63) is 33.8 Å². The van der Waals surface area contributed by atoms with E-state index in [1.807, 2.05) is 12.1 Å². The van der Waals surface area contributed by atoms with Crippen LogP contribution in [-0.2, 0) is 11.2 Å². The van der Waals surface area contributed by atoms with Gasteiger partial charge in [0.25, 0.3) is 0 Å². The predicted octanol–water partition coefficient (Wildman–Crippen LogP) is 2.97. The summed E-state index contributed by atoms with van der Waals surface area (Å²) < 4.78 is 5.82. The van der Waals surface area contributed by atoms with Gasteiger partial charge in [0.05, 0.1) is 12.7 Å². The van der Waals surface area contributed by atoms with E-state index in [9.17, 15) is 0 Å². The van der Waals surface area contributed by atoms with Gasteiger partial charge < -0.3 is 10.5 Å². The number of halogens is 2. The summed E-state index contributed by atoms with van der Waals surface area (Å²) >= 11 is 12.1. The number of rotatable bonds is 4. The molecule has 2 atom stereocenters. The van der Waals surface area contributed by atoms with Crippen molar-refractivity contribution >= 4 is 23.2 Å². The molecule has 2 rings (SSSR count). The number of hydrogen-bond acceptors (Lipinski definition) is 3. The number of nitrogens with zero attached hydrogens (tertiary/aromatic N) is 1. The highest BCUT2D eigenvalue weighted by atomic mass is 35.5. The molecule has 1 saturated heterocycles. The lowest BCUT2D eigenvalue weighted by Crippen LogP contribution is -2.53. The fourth-order valence-electron chi connectivity index (χ4n) is 2.50. The molecule has 20 heavy (non-hydrogen) atoms. The van der Waals surface area contributed by atoms with E-state index >= 15 is 0 Å². The summed E-state index contributed by atoms with van der Waals surface area (Å²) in [6.07, 6.45) is 0.755. The molecule has 0 amide bonds. The van der Waals surface area contributed by atoms with Crippen LogP contribution in [0.15, 0.2) is 18.2 Å². The quantitative estimate of drug-likeness (QED) is 0.928. The van der Waals surface area contributed by atoms with Crippen molar-refractivity contribution in [1.29, 1.82) is 0 Å². The van der Waals surface area contributed by atoms with Gasteiger partial charge >= 0.3 is 0 Å². The van der Waals surface area contributed by atoms with Gasteiger partial charge in [0.2, 0.25) is 0 Å². The number of ether oxygens (including phenoxy) is 1. The summed E-state index contributed by atoms with van der Waals surface area (Å²) in [4.78, 5) is 2.40. The van der Waals surface area contributed by atoms with Crippen LogP contribution in [-0.4, -0.2) is 42.8 Å². The monoisotopic (exact) mass is 316 g/mol. The van der Waals surface area contributed by atoms with Gasteiger partial charge in [0, 0.05) is 35.2 Å². The lowest BCUT2D eigenvalue weighted by Gasteiger charge is -2.38. The van der Waals surface area contributed by atoms with E-state index in [2.05, 4.69) is 18.7 Å². The van der Waals surface area contributed by atoms with Gasteiger partial charge in [-0.3, -0.25) is 4.90 Å². The molecule has 0 bridgehead atoms. The minimum absolute atomic E-state index is 0.0536. The Bertz CT molecular complexity index is 453. The minimum Gasteiger partial charge on any atom is -0.374 e. The Morgan fingerprint density at radius 2 is 2.15 bits per heavy atom. The Kier molecular flexibility index (Phi) is 5.70. The van der Waals surface area contributed by atoms with Crippen molar-refractivity contribution in [2.24, 2.45) is 5.73 Å². The van der Waals surface area contributed by atoms with E-state index in [0.717, 1.165) is 25.3 Å². The Labute approximate surface area is 131 Å². The van der Waals surface area contributed by atoms with Crippen LogP contribution in [0.4, 0.5) is 0 Å². The molecule has 5 heteroatoms. The summed E-state index contributed by atoms with van der Waals surface area (Å²) in [6.45, 7) is 6.99. The molecule has 1 aromatic rings. The van der Waals surface area contributed by atoms with Gasteiger partial charge in [-0.25, -0.2) is 0 Å². The zero-order valence-electron chi connectivity index (χ0n) is 12.0. The van der Waals surface area contributed by atoms with Crippen molar-refractivity contribution in [2.45, 2.75) is 38.5 Å². The number of morpholine rings is 1. The van der Waals surface area contributed by atoms with Crippen molar-refractivity contribution < 1.29 is 4.74 Å². The van der Waals surface area contributed by atoms with Crippen LogP contribution in [0.3, 0.4) is 0 Å². The molecule has 1 aliphatic rings. The van der Waals surface area contributed by atoms with Crippen LogP contribution in [0.1, 0.15) is 19.4 Å². The average Bonchev–Trinajstić information content (AvgIpc) is 2.42. The van der Waals surface area contributed by atoms with Gasteiger partial charge in [0.15, 0.2) is 0 Å².